The van der Waals surface area contributed by atoms with Gasteiger partial charge in [0, 0.05) is 49.6 Å². The summed E-state index contributed by atoms with van der Waals surface area (Å²) in [6.45, 7) is 9.82. The second-order valence-electron chi connectivity index (χ2n) is 6.12. The summed E-state index contributed by atoms with van der Waals surface area (Å²) in [4.78, 5) is 14.2. The van der Waals surface area contributed by atoms with Gasteiger partial charge in [0.2, 0.25) is 0 Å². The minimum absolute atomic E-state index is 0.0771. The topological polar surface area (TPSA) is 50.2 Å². The molecule has 0 saturated carbocycles. The molecule has 118 valence electrons. The number of hydrogen-bond acceptors (Lipinski definition) is 3. The van der Waals surface area contributed by atoms with Gasteiger partial charge < -0.3 is 10.2 Å². The van der Waals surface area contributed by atoms with Crippen molar-refractivity contribution in [1.29, 1.82) is 0 Å². The van der Waals surface area contributed by atoms with Crippen molar-refractivity contribution in [3.8, 4) is 0 Å². The molecule has 1 aromatic heterocycles. The molecule has 0 spiro atoms. The molecule has 6 heteroatoms. The third kappa shape index (κ3) is 4.95. The maximum absolute atomic E-state index is 12.3. The van der Waals surface area contributed by atoms with Crippen LogP contribution in [0.2, 0.25) is 0 Å². The Labute approximate surface area is 131 Å². The van der Waals surface area contributed by atoms with Crippen molar-refractivity contribution in [3.63, 3.8) is 0 Å². The van der Waals surface area contributed by atoms with Crippen molar-refractivity contribution in [3.05, 3.63) is 18.5 Å². The van der Waals surface area contributed by atoms with Crippen LogP contribution in [0.1, 0.15) is 20.8 Å². The van der Waals surface area contributed by atoms with Gasteiger partial charge in [0.25, 0.3) is 0 Å². The largest absolute Gasteiger partial charge is 0.338 e. The summed E-state index contributed by atoms with van der Waals surface area (Å²) in [7, 11) is 0. The number of nitrogens with zero attached hydrogens (tertiary/aromatic N) is 3. The van der Waals surface area contributed by atoms with Gasteiger partial charge in [-0.25, -0.2) is 4.79 Å². The average Bonchev–Trinajstić information content (AvgIpc) is 2.97. The lowest BCUT2D eigenvalue weighted by atomic mass is 10.1. The highest BCUT2D eigenvalue weighted by Gasteiger charge is 2.25. The van der Waals surface area contributed by atoms with E-state index in [4.69, 9.17) is 0 Å². The van der Waals surface area contributed by atoms with Crippen molar-refractivity contribution < 1.29 is 4.79 Å². The smallest absolute Gasteiger partial charge is 0.317 e. The Morgan fingerprint density at radius 2 is 2.29 bits per heavy atom. The summed E-state index contributed by atoms with van der Waals surface area (Å²) in [5, 5.41) is 7.82. The zero-order chi connectivity index (χ0) is 15.2. The maximum atomic E-state index is 12.3. The molecule has 1 fully saturated rings. The molecule has 2 rings (SSSR count). The SMILES string of the molecule is CC(C)[C@@H]1CN(C(=O)NC[C@@H](C)Cn2cccn2)CCS1. The van der Waals surface area contributed by atoms with E-state index in [0.717, 1.165) is 25.4 Å². The molecule has 0 unspecified atom stereocenters. The normalized spacial score (nSPS) is 20.6. The molecule has 2 atom stereocenters. The van der Waals surface area contributed by atoms with Crippen LogP contribution in [0.25, 0.3) is 0 Å². The first kappa shape index (κ1) is 16.2. The van der Waals surface area contributed by atoms with Crippen LogP contribution in [0.15, 0.2) is 18.5 Å². The summed E-state index contributed by atoms with van der Waals surface area (Å²) in [6, 6.07) is 2.00. The van der Waals surface area contributed by atoms with Gasteiger partial charge in [-0.15, -0.1) is 0 Å². The van der Waals surface area contributed by atoms with Crippen molar-refractivity contribution in [2.24, 2.45) is 11.8 Å². The first-order valence-electron chi connectivity index (χ1n) is 7.68. The third-order valence-corrected chi connectivity index (χ3v) is 5.32. The van der Waals surface area contributed by atoms with E-state index in [0.29, 0.717) is 23.6 Å². The number of hydrogen-bond donors (Lipinski definition) is 1. The van der Waals surface area contributed by atoms with E-state index < -0.39 is 0 Å². The summed E-state index contributed by atoms with van der Waals surface area (Å²) < 4.78 is 1.91. The lowest BCUT2D eigenvalue weighted by Gasteiger charge is -2.34. The van der Waals surface area contributed by atoms with Crippen LogP contribution < -0.4 is 5.32 Å². The molecule has 1 aliphatic rings. The van der Waals surface area contributed by atoms with Crippen molar-refractivity contribution in [2.45, 2.75) is 32.6 Å². The number of carbonyl (C=O) groups excluding carboxylic acids is 1. The van der Waals surface area contributed by atoms with Gasteiger partial charge in [-0.2, -0.15) is 16.9 Å². The molecule has 0 bridgehead atoms. The number of aromatic nitrogens is 2. The number of thioether (sulfide) groups is 1. The Kier molecular flexibility index (Phi) is 5.96. The summed E-state index contributed by atoms with van der Waals surface area (Å²) in [5.41, 5.74) is 0. The van der Waals surface area contributed by atoms with Crippen LogP contribution >= 0.6 is 11.8 Å². The summed E-state index contributed by atoms with van der Waals surface area (Å²) >= 11 is 1.99. The Morgan fingerprint density at radius 3 is 2.95 bits per heavy atom. The number of nitrogens with one attached hydrogen (secondary N) is 1. The molecule has 2 heterocycles. The predicted octanol–water partition coefficient (Wildman–Crippen LogP) is 2.30. The standard InChI is InChI=1S/C15H26N4OS/c1-12(2)14-11-18(7-8-21-14)15(20)16-9-13(3)10-19-6-4-5-17-19/h4-6,12-14H,7-11H2,1-3H3,(H,16,20)/t13-,14+/m1/s1. The molecule has 1 N–H and O–H groups in total. The molecular weight excluding hydrogens is 284 g/mol. The molecule has 0 radical (unpaired) electrons. The first-order valence-corrected chi connectivity index (χ1v) is 8.73. The maximum Gasteiger partial charge on any atom is 0.317 e. The second-order valence-corrected chi connectivity index (χ2v) is 7.47. The molecule has 0 aliphatic carbocycles. The highest BCUT2D eigenvalue weighted by atomic mass is 32.2. The van der Waals surface area contributed by atoms with E-state index in [2.05, 4.69) is 31.2 Å². The molecule has 21 heavy (non-hydrogen) atoms. The predicted molar refractivity (Wildman–Crippen MR) is 87.4 cm³/mol. The Hall–Kier alpha value is -1.17. The van der Waals surface area contributed by atoms with Gasteiger partial charge in [-0.1, -0.05) is 20.8 Å². The van der Waals surface area contributed by atoms with Gasteiger partial charge in [0.05, 0.1) is 0 Å². The third-order valence-electron chi connectivity index (χ3n) is 3.78. The average molecular weight is 310 g/mol. The molecule has 1 aliphatic heterocycles. The Balaban J connectivity index is 1.73. The van der Waals surface area contributed by atoms with Gasteiger partial charge in [0.1, 0.15) is 0 Å². The van der Waals surface area contributed by atoms with Crippen LogP contribution in [0.4, 0.5) is 4.79 Å². The van der Waals surface area contributed by atoms with E-state index in [1.165, 1.54) is 0 Å². The number of urea groups is 1. The minimum atomic E-state index is 0.0771. The fourth-order valence-electron chi connectivity index (χ4n) is 2.43. The van der Waals surface area contributed by atoms with Gasteiger partial charge in [-0.05, 0) is 17.9 Å². The van der Waals surface area contributed by atoms with Crippen LogP contribution in [0.5, 0.6) is 0 Å². The Morgan fingerprint density at radius 1 is 1.48 bits per heavy atom. The van der Waals surface area contributed by atoms with E-state index in [1.54, 1.807) is 6.20 Å². The molecule has 1 aromatic rings. The van der Waals surface area contributed by atoms with Gasteiger partial charge in [0.15, 0.2) is 0 Å². The fraction of sp³-hybridized carbons (Fsp3) is 0.733. The summed E-state index contributed by atoms with van der Waals surface area (Å²) in [6.07, 6.45) is 3.73. The minimum Gasteiger partial charge on any atom is -0.338 e. The van der Waals surface area contributed by atoms with E-state index in [-0.39, 0.29) is 6.03 Å². The fourth-order valence-corrected chi connectivity index (χ4v) is 3.73. The second kappa shape index (κ2) is 7.73. The van der Waals surface area contributed by atoms with Crippen LogP contribution in [0, 0.1) is 11.8 Å². The highest BCUT2D eigenvalue weighted by Crippen LogP contribution is 2.24. The lowest BCUT2D eigenvalue weighted by molar-refractivity contribution is 0.195. The van der Waals surface area contributed by atoms with Gasteiger partial charge in [-0.3, -0.25) is 4.68 Å². The lowest BCUT2D eigenvalue weighted by Crippen LogP contribution is -2.49. The van der Waals surface area contributed by atoms with E-state index >= 15 is 0 Å². The first-order chi connectivity index (χ1) is 10.1. The molecule has 2 amide bonds. The van der Waals surface area contributed by atoms with Crippen LogP contribution in [0.3, 0.4) is 0 Å². The molecular formula is C15H26N4OS. The molecule has 1 saturated heterocycles. The molecule has 0 aromatic carbocycles. The summed E-state index contributed by atoms with van der Waals surface area (Å²) in [5.74, 6) is 2.03. The Bertz CT molecular complexity index is 435. The van der Waals surface area contributed by atoms with Crippen molar-refractivity contribution in [2.75, 3.05) is 25.4 Å². The quantitative estimate of drug-likeness (QED) is 0.908. The number of amides is 2. The highest BCUT2D eigenvalue weighted by molar-refractivity contribution is 8.00. The monoisotopic (exact) mass is 310 g/mol. The molecule has 5 nitrogen and oxygen atoms in total. The van der Waals surface area contributed by atoms with Gasteiger partial charge >= 0.3 is 6.03 Å². The van der Waals surface area contributed by atoms with Crippen LogP contribution in [-0.4, -0.2) is 51.3 Å². The van der Waals surface area contributed by atoms with Crippen molar-refractivity contribution >= 4 is 17.8 Å². The number of rotatable bonds is 5. The van der Waals surface area contributed by atoms with Crippen LogP contribution in [-0.2, 0) is 6.54 Å². The number of carbonyl (C=O) groups is 1. The van der Waals surface area contributed by atoms with Crippen molar-refractivity contribution in [1.82, 2.24) is 20.0 Å². The van der Waals surface area contributed by atoms with E-state index in [1.807, 2.05) is 33.6 Å². The zero-order valence-electron chi connectivity index (χ0n) is 13.2. The zero-order valence-corrected chi connectivity index (χ0v) is 14.0. The van der Waals surface area contributed by atoms with E-state index in [9.17, 15) is 4.79 Å².